The lowest BCUT2D eigenvalue weighted by molar-refractivity contribution is -0.117. The van der Waals surface area contributed by atoms with Crippen LogP contribution >= 0.6 is 0 Å². The Balaban J connectivity index is 1.55. The summed E-state index contributed by atoms with van der Waals surface area (Å²) in [5, 5.41) is 5.76. The number of ether oxygens (including phenoxy) is 2. The molecule has 1 saturated carbocycles. The fourth-order valence-electron chi connectivity index (χ4n) is 2.76. The molecule has 0 heterocycles. The number of anilines is 2. The number of amides is 2. The molecule has 2 aromatic carbocycles. The molecule has 27 heavy (non-hydrogen) atoms. The van der Waals surface area contributed by atoms with Crippen LogP contribution < -0.4 is 20.1 Å². The number of methoxy groups -OCH3 is 2. The second-order valence-corrected chi connectivity index (χ2v) is 6.61. The van der Waals surface area contributed by atoms with Crippen molar-refractivity contribution in [3.05, 3.63) is 48.0 Å². The molecule has 0 unspecified atom stereocenters. The number of hydrogen-bond donors (Lipinski definition) is 2. The molecule has 0 aliphatic heterocycles. The number of aryl methyl sites for hydroxylation is 1. The largest absolute Gasteiger partial charge is 0.497 e. The van der Waals surface area contributed by atoms with E-state index in [-0.39, 0.29) is 17.7 Å². The van der Waals surface area contributed by atoms with Gasteiger partial charge < -0.3 is 20.1 Å². The molecule has 2 aromatic rings. The molecule has 1 fully saturated rings. The Hall–Kier alpha value is -3.02. The summed E-state index contributed by atoms with van der Waals surface area (Å²) < 4.78 is 10.5. The zero-order valence-corrected chi connectivity index (χ0v) is 15.6. The number of carbonyl (C=O) groups is 2. The van der Waals surface area contributed by atoms with Crippen LogP contribution in [0.5, 0.6) is 11.5 Å². The van der Waals surface area contributed by atoms with Crippen LogP contribution in [-0.2, 0) is 16.0 Å². The van der Waals surface area contributed by atoms with Crippen molar-refractivity contribution >= 4 is 23.2 Å². The lowest BCUT2D eigenvalue weighted by Gasteiger charge is -2.10. The van der Waals surface area contributed by atoms with Crippen molar-refractivity contribution < 1.29 is 19.1 Å². The van der Waals surface area contributed by atoms with Gasteiger partial charge in [0.2, 0.25) is 11.8 Å². The standard InChI is InChI=1S/C21H24N2O4/c1-26-18-10-14(11-19(13-18)27-2)6-9-20(24)22-16-4-3-5-17(12-16)23-21(25)15-7-8-15/h3-5,10-13,15H,6-9H2,1-2H3,(H,22,24)(H,23,25). The van der Waals surface area contributed by atoms with Crippen LogP contribution in [0.3, 0.4) is 0 Å². The fraction of sp³-hybridized carbons (Fsp3) is 0.333. The first-order valence-corrected chi connectivity index (χ1v) is 9.00. The minimum Gasteiger partial charge on any atom is -0.497 e. The normalized spacial score (nSPS) is 13.0. The summed E-state index contributed by atoms with van der Waals surface area (Å²) in [4.78, 5) is 24.1. The summed E-state index contributed by atoms with van der Waals surface area (Å²) >= 11 is 0. The highest BCUT2D eigenvalue weighted by Crippen LogP contribution is 2.30. The third kappa shape index (κ3) is 5.48. The lowest BCUT2D eigenvalue weighted by Crippen LogP contribution is -2.15. The Morgan fingerprint density at radius 3 is 2.19 bits per heavy atom. The maximum Gasteiger partial charge on any atom is 0.227 e. The Bertz CT molecular complexity index is 808. The molecule has 0 saturated heterocycles. The van der Waals surface area contributed by atoms with Gasteiger partial charge in [0, 0.05) is 29.8 Å². The van der Waals surface area contributed by atoms with Gasteiger partial charge in [0.15, 0.2) is 0 Å². The highest BCUT2D eigenvalue weighted by Gasteiger charge is 2.29. The van der Waals surface area contributed by atoms with Crippen LogP contribution in [0.25, 0.3) is 0 Å². The molecule has 1 aliphatic carbocycles. The Morgan fingerprint density at radius 2 is 1.59 bits per heavy atom. The second kappa shape index (κ2) is 8.58. The van der Waals surface area contributed by atoms with Gasteiger partial charge in [-0.15, -0.1) is 0 Å². The minimum absolute atomic E-state index is 0.0467. The Kier molecular flexibility index (Phi) is 5.96. The van der Waals surface area contributed by atoms with Crippen LogP contribution in [0.1, 0.15) is 24.8 Å². The highest BCUT2D eigenvalue weighted by molar-refractivity contribution is 5.96. The molecule has 1 aliphatic rings. The number of benzene rings is 2. The monoisotopic (exact) mass is 368 g/mol. The van der Waals surface area contributed by atoms with E-state index >= 15 is 0 Å². The maximum absolute atomic E-state index is 12.3. The molecular weight excluding hydrogens is 344 g/mol. The molecule has 6 nitrogen and oxygen atoms in total. The van der Waals surface area contributed by atoms with E-state index in [4.69, 9.17) is 9.47 Å². The fourth-order valence-corrected chi connectivity index (χ4v) is 2.76. The summed E-state index contributed by atoms with van der Waals surface area (Å²) in [6, 6.07) is 12.8. The third-order valence-corrected chi connectivity index (χ3v) is 4.41. The topological polar surface area (TPSA) is 76.7 Å². The first-order chi connectivity index (χ1) is 13.1. The predicted octanol–water partition coefficient (Wildman–Crippen LogP) is 3.62. The van der Waals surface area contributed by atoms with Crippen molar-refractivity contribution in [2.75, 3.05) is 24.9 Å². The van der Waals surface area contributed by atoms with E-state index < -0.39 is 0 Å². The second-order valence-electron chi connectivity index (χ2n) is 6.61. The van der Waals surface area contributed by atoms with Gasteiger partial charge in [-0.2, -0.15) is 0 Å². The highest BCUT2D eigenvalue weighted by atomic mass is 16.5. The van der Waals surface area contributed by atoms with E-state index in [0.29, 0.717) is 35.7 Å². The predicted molar refractivity (Wildman–Crippen MR) is 104 cm³/mol. The smallest absolute Gasteiger partial charge is 0.227 e. The summed E-state index contributed by atoms with van der Waals surface area (Å²) in [7, 11) is 3.19. The molecular formula is C21H24N2O4. The molecule has 0 atom stereocenters. The van der Waals surface area contributed by atoms with E-state index in [9.17, 15) is 9.59 Å². The van der Waals surface area contributed by atoms with Crippen LogP contribution in [0.15, 0.2) is 42.5 Å². The van der Waals surface area contributed by atoms with Gasteiger partial charge in [-0.05, 0) is 55.2 Å². The number of carbonyl (C=O) groups excluding carboxylic acids is 2. The summed E-state index contributed by atoms with van der Waals surface area (Å²) in [5.74, 6) is 1.49. The minimum atomic E-state index is -0.0949. The van der Waals surface area contributed by atoms with E-state index in [1.807, 2.05) is 24.3 Å². The third-order valence-electron chi connectivity index (χ3n) is 4.41. The van der Waals surface area contributed by atoms with Gasteiger partial charge in [-0.25, -0.2) is 0 Å². The first kappa shape index (κ1) is 18.8. The van der Waals surface area contributed by atoms with Gasteiger partial charge >= 0.3 is 0 Å². The average Bonchev–Trinajstić information content (AvgIpc) is 3.51. The number of nitrogens with one attached hydrogen (secondary N) is 2. The molecule has 2 N–H and O–H groups in total. The van der Waals surface area contributed by atoms with Crippen molar-refractivity contribution in [3.8, 4) is 11.5 Å². The van der Waals surface area contributed by atoms with E-state index in [1.54, 1.807) is 32.4 Å². The number of rotatable bonds is 8. The van der Waals surface area contributed by atoms with Crippen molar-refractivity contribution in [1.82, 2.24) is 0 Å². The van der Waals surface area contributed by atoms with Crippen LogP contribution in [0, 0.1) is 5.92 Å². The van der Waals surface area contributed by atoms with Gasteiger partial charge in [0.25, 0.3) is 0 Å². The van der Waals surface area contributed by atoms with Gasteiger partial charge in [-0.1, -0.05) is 6.07 Å². The lowest BCUT2D eigenvalue weighted by atomic mass is 10.1. The molecule has 0 aromatic heterocycles. The van der Waals surface area contributed by atoms with Crippen molar-refractivity contribution in [1.29, 1.82) is 0 Å². The van der Waals surface area contributed by atoms with Gasteiger partial charge in [0.05, 0.1) is 14.2 Å². The van der Waals surface area contributed by atoms with Crippen LogP contribution in [-0.4, -0.2) is 26.0 Å². The van der Waals surface area contributed by atoms with Crippen LogP contribution in [0.2, 0.25) is 0 Å². The molecule has 2 amide bonds. The van der Waals surface area contributed by atoms with Gasteiger partial charge in [0.1, 0.15) is 11.5 Å². The molecule has 0 radical (unpaired) electrons. The SMILES string of the molecule is COc1cc(CCC(=O)Nc2cccc(NC(=O)C3CC3)c2)cc(OC)c1. The first-order valence-electron chi connectivity index (χ1n) is 9.00. The molecule has 0 bridgehead atoms. The summed E-state index contributed by atoms with van der Waals surface area (Å²) in [6.45, 7) is 0. The van der Waals surface area contributed by atoms with Crippen molar-refractivity contribution in [2.24, 2.45) is 5.92 Å². The summed E-state index contributed by atoms with van der Waals surface area (Å²) in [6.07, 6.45) is 2.81. The molecule has 6 heteroatoms. The quantitative estimate of drug-likeness (QED) is 0.746. The Morgan fingerprint density at radius 1 is 0.963 bits per heavy atom. The van der Waals surface area contributed by atoms with E-state index in [1.165, 1.54) is 0 Å². The zero-order chi connectivity index (χ0) is 19.2. The Labute approximate surface area is 158 Å². The van der Waals surface area contributed by atoms with E-state index in [0.717, 1.165) is 18.4 Å². The maximum atomic E-state index is 12.3. The van der Waals surface area contributed by atoms with Gasteiger partial charge in [-0.3, -0.25) is 9.59 Å². The van der Waals surface area contributed by atoms with Crippen LogP contribution in [0.4, 0.5) is 11.4 Å². The van der Waals surface area contributed by atoms with Crippen molar-refractivity contribution in [2.45, 2.75) is 25.7 Å². The molecule has 0 spiro atoms. The van der Waals surface area contributed by atoms with E-state index in [2.05, 4.69) is 10.6 Å². The summed E-state index contributed by atoms with van der Waals surface area (Å²) in [5.41, 5.74) is 2.32. The molecule has 142 valence electrons. The molecule has 3 rings (SSSR count). The van der Waals surface area contributed by atoms with Crippen molar-refractivity contribution in [3.63, 3.8) is 0 Å². The zero-order valence-electron chi connectivity index (χ0n) is 15.6. The average molecular weight is 368 g/mol. The number of hydrogen-bond acceptors (Lipinski definition) is 4.